The Kier molecular flexibility index (Phi) is 5.29. The Morgan fingerprint density at radius 1 is 1.47 bits per heavy atom. The fourth-order valence-corrected chi connectivity index (χ4v) is 1.56. The van der Waals surface area contributed by atoms with Crippen LogP contribution in [0.25, 0.3) is 0 Å². The Balaban J connectivity index is 2.37. The van der Waals surface area contributed by atoms with Gasteiger partial charge in [0.2, 0.25) is 0 Å². The van der Waals surface area contributed by atoms with Gasteiger partial charge in [-0.1, -0.05) is 0 Å². The summed E-state index contributed by atoms with van der Waals surface area (Å²) < 4.78 is 0. The van der Waals surface area contributed by atoms with E-state index in [0.717, 1.165) is 19.6 Å². The first-order valence-corrected chi connectivity index (χ1v) is 5.46. The zero-order chi connectivity index (χ0) is 11.1. The first-order chi connectivity index (χ1) is 7.24. The highest BCUT2D eigenvalue weighted by Crippen LogP contribution is 2.07. The average molecular weight is 207 g/mol. The molecule has 0 aliphatic carbocycles. The summed E-state index contributed by atoms with van der Waals surface area (Å²) in [6, 6.07) is 2.07. The van der Waals surface area contributed by atoms with Gasteiger partial charge in [0.05, 0.1) is 0 Å². The Hall–Kier alpha value is -0.930. The van der Waals surface area contributed by atoms with Gasteiger partial charge in [0.1, 0.15) is 0 Å². The predicted octanol–water partition coefficient (Wildman–Crippen LogP) is 1.43. The first-order valence-electron chi connectivity index (χ1n) is 5.46. The number of aryl methyl sites for hydroxylation is 1. The summed E-state index contributed by atoms with van der Waals surface area (Å²) in [6.07, 6.45) is 5.00. The molecule has 0 saturated carbocycles. The van der Waals surface area contributed by atoms with Crippen LogP contribution < -0.4 is 5.32 Å². The molecule has 3 nitrogen and oxygen atoms in total. The highest BCUT2D eigenvalue weighted by molar-refractivity contribution is 5.20. The molecule has 0 spiro atoms. The Labute approximate surface area is 92.5 Å². The molecular weight excluding hydrogens is 186 g/mol. The fourth-order valence-electron chi connectivity index (χ4n) is 1.56. The topological polar surface area (TPSA) is 28.2 Å². The summed E-state index contributed by atoms with van der Waals surface area (Å²) in [6.45, 7) is 5.33. The van der Waals surface area contributed by atoms with Crippen molar-refractivity contribution in [3.63, 3.8) is 0 Å². The van der Waals surface area contributed by atoms with Crippen molar-refractivity contribution in [1.82, 2.24) is 15.2 Å². The van der Waals surface area contributed by atoms with Crippen molar-refractivity contribution in [2.75, 3.05) is 27.2 Å². The monoisotopic (exact) mass is 207 g/mol. The van der Waals surface area contributed by atoms with Gasteiger partial charge in [0, 0.05) is 18.9 Å². The molecule has 0 unspecified atom stereocenters. The lowest BCUT2D eigenvalue weighted by Gasteiger charge is -2.17. The number of hydrogen-bond donors (Lipinski definition) is 1. The summed E-state index contributed by atoms with van der Waals surface area (Å²) in [5.74, 6) is 0. The molecule has 0 saturated heterocycles. The highest BCUT2D eigenvalue weighted by atomic mass is 15.1. The van der Waals surface area contributed by atoms with Crippen molar-refractivity contribution in [2.45, 2.75) is 19.9 Å². The lowest BCUT2D eigenvalue weighted by Crippen LogP contribution is -2.22. The number of nitrogens with one attached hydrogen (secondary N) is 1. The van der Waals surface area contributed by atoms with Gasteiger partial charge in [-0.15, -0.1) is 0 Å². The number of hydrogen-bond acceptors (Lipinski definition) is 3. The van der Waals surface area contributed by atoms with E-state index in [0.29, 0.717) is 0 Å². The van der Waals surface area contributed by atoms with Gasteiger partial charge in [0.15, 0.2) is 0 Å². The molecule has 3 heteroatoms. The van der Waals surface area contributed by atoms with Crippen LogP contribution in [0.4, 0.5) is 0 Å². The normalized spacial score (nSPS) is 10.9. The van der Waals surface area contributed by atoms with E-state index >= 15 is 0 Å². The molecule has 0 aliphatic heterocycles. The van der Waals surface area contributed by atoms with E-state index in [1.807, 2.05) is 19.4 Å². The van der Waals surface area contributed by atoms with Crippen molar-refractivity contribution < 1.29 is 0 Å². The molecule has 0 aromatic carbocycles. The summed E-state index contributed by atoms with van der Waals surface area (Å²) in [4.78, 5) is 6.49. The molecule has 1 heterocycles. The second kappa shape index (κ2) is 6.53. The molecule has 15 heavy (non-hydrogen) atoms. The second-order valence-corrected chi connectivity index (χ2v) is 4.00. The maximum absolute atomic E-state index is 4.16. The summed E-state index contributed by atoms with van der Waals surface area (Å²) in [5.41, 5.74) is 2.65. The SMILES string of the molecule is CNCCCN(C)Cc1cnccc1C. The zero-order valence-corrected chi connectivity index (χ0v) is 9.95. The summed E-state index contributed by atoms with van der Waals surface area (Å²) >= 11 is 0. The summed E-state index contributed by atoms with van der Waals surface area (Å²) in [5, 5.41) is 3.16. The van der Waals surface area contributed by atoms with Crippen LogP contribution in [0.1, 0.15) is 17.5 Å². The van der Waals surface area contributed by atoms with Crippen molar-refractivity contribution in [3.8, 4) is 0 Å². The molecule has 0 radical (unpaired) electrons. The molecule has 0 atom stereocenters. The molecule has 84 valence electrons. The van der Waals surface area contributed by atoms with Crippen LogP contribution in [0.5, 0.6) is 0 Å². The minimum atomic E-state index is 0.989. The van der Waals surface area contributed by atoms with Gasteiger partial charge in [-0.05, 0) is 57.7 Å². The van der Waals surface area contributed by atoms with Gasteiger partial charge in [-0.3, -0.25) is 4.98 Å². The molecule has 0 aliphatic rings. The van der Waals surface area contributed by atoms with E-state index in [2.05, 4.69) is 35.2 Å². The largest absolute Gasteiger partial charge is 0.320 e. The Morgan fingerprint density at radius 2 is 2.27 bits per heavy atom. The fraction of sp³-hybridized carbons (Fsp3) is 0.583. The van der Waals surface area contributed by atoms with E-state index in [4.69, 9.17) is 0 Å². The van der Waals surface area contributed by atoms with Gasteiger partial charge in [-0.25, -0.2) is 0 Å². The lowest BCUT2D eigenvalue weighted by atomic mass is 10.1. The smallest absolute Gasteiger partial charge is 0.0315 e. The van der Waals surface area contributed by atoms with E-state index in [9.17, 15) is 0 Å². The third-order valence-corrected chi connectivity index (χ3v) is 2.55. The minimum Gasteiger partial charge on any atom is -0.320 e. The van der Waals surface area contributed by atoms with Gasteiger partial charge >= 0.3 is 0 Å². The van der Waals surface area contributed by atoms with Crippen LogP contribution in [0.2, 0.25) is 0 Å². The van der Waals surface area contributed by atoms with Gasteiger partial charge in [0.25, 0.3) is 0 Å². The van der Waals surface area contributed by atoms with E-state index < -0.39 is 0 Å². The van der Waals surface area contributed by atoms with Crippen LogP contribution in [0.15, 0.2) is 18.5 Å². The highest BCUT2D eigenvalue weighted by Gasteiger charge is 2.02. The molecular formula is C12H21N3. The Morgan fingerprint density at radius 3 is 2.93 bits per heavy atom. The zero-order valence-electron chi connectivity index (χ0n) is 9.95. The molecule has 1 N–H and O–H groups in total. The number of aromatic nitrogens is 1. The predicted molar refractivity (Wildman–Crippen MR) is 63.9 cm³/mol. The van der Waals surface area contributed by atoms with Crippen molar-refractivity contribution in [3.05, 3.63) is 29.6 Å². The lowest BCUT2D eigenvalue weighted by molar-refractivity contribution is 0.320. The third kappa shape index (κ3) is 4.40. The molecule has 0 fully saturated rings. The van der Waals surface area contributed by atoms with Crippen LogP contribution >= 0.6 is 0 Å². The maximum atomic E-state index is 4.16. The van der Waals surface area contributed by atoms with Crippen molar-refractivity contribution in [2.24, 2.45) is 0 Å². The number of pyridine rings is 1. The first kappa shape index (κ1) is 12.1. The van der Waals surface area contributed by atoms with Crippen molar-refractivity contribution >= 4 is 0 Å². The standard InChI is InChI=1S/C12H21N3/c1-11-5-7-14-9-12(11)10-15(3)8-4-6-13-2/h5,7,9,13H,4,6,8,10H2,1-3H3. The van der Waals surface area contributed by atoms with Crippen LogP contribution in [0.3, 0.4) is 0 Å². The van der Waals surface area contributed by atoms with Gasteiger partial charge < -0.3 is 10.2 Å². The number of nitrogens with zero attached hydrogens (tertiary/aromatic N) is 2. The average Bonchev–Trinajstić information content (AvgIpc) is 2.22. The molecule has 0 bridgehead atoms. The third-order valence-electron chi connectivity index (χ3n) is 2.55. The molecule has 1 aromatic rings. The van der Waals surface area contributed by atoms with E-state index in [1.54, 1.807) is 0 Å². The second-order valence-electron chi connectivity index (χ2n) is 4.00. The van der Waals surface area contributed by atoms with Crippen LogP contribution in [-0.2, 0) is 6.54 Å². The van der Waals surface area contributed by atoms with Gasteiger partial charge in [-0.2, -0.15) is 0 Å². The van der Waals surface area contributed by atoms with E-state index in [-0.39, 0.29) is 0 Å². The quantitative estimate of drug-likeness (QED) is 0.715. The maximum Gasteiger partial charge on any atom is 0.0315 e. The minimum absolute atomic E-state index is 0.989. The molecule has 1 rings (SSSR count). The molecule has 1 aromatic heterocycles. The van der Waals surface area contributed by atoms with Crippen LogP contribution in [-0.4, -0.2) is 37.1 Å². The van der Waals surface area contributed by atoms with Crippen LogP contribution in [0, 0.1) is 6.92 Å². The molecule has 0 amide bonds. The van der Waals surface area contributed by atoms with Crippen molar-refractivity contribution in [1.29, 1.82) is 0 Å². The summed E-state index contributed by atoms with van der Waals surface area (Å²) in [7, 11) is 4.15. The number of rotatable bonds is 6. The Bertz CT molecular complexity index is 286. The van der Waals surface area contributed by atoms with E-state index in [1.165, 1.54) is 17.5 Å².